The van der Waals surface area contributed by atoms with E-state index in [1.807, 2.05) is 18.7 Å². The Balaban J connectivity index is 0. The maximum Gasteiger partial charge on any atom is 0.416 e. The van der Waals surface area contributed by atoms with Crippen LogP contribution < -0.4 is 10.6 Å². The van der Waals surface area contributed by atoms with Crippen molar-refractivity contribution >= 4 is 30.5 Å². The molecule has 0 saturated carbocycles. The van der Waals surface area contributed by atoms with Gasteiger partial charge < -0.3 is 10.6 Å². The Morgan fingerprint density at radius 2 is 1.63 bits per heavy atom. The number of benzene rings is 1. The lowest BCUT2D eigenvalue weighted by molar-refractivity contribution is -0.137. The third-order valence-electron chi connectivity index (χ3n) is 2.74. The van der Waals surface area contributed by atoms with Crippen LogP contribution in [0.2, 0.25) is 0 Å². The van der Waals surface area contributed by atoms with Crippen molar-refractivity contribution in [2.45, 2.75) is 26.6 Å². The maximum absolute atomic E-state index is 12.6. The number of rotatable bonds is 4. The quantitative estimate of drug-likeness (QED) is 0.913. The Hall–Kier alpha value is -0.650. The molecule has 0 aromatic heterocycles. The maximum atomic E-state index is 12.6. The van der Waals surface area contributed by atoms with E-state index >= 15 is 0 Å². The monoisotopic (exact) mass is 318 g/mol. The molecule has 0 aliphatic carbocycles. The largest absolute Gasteiger partial charge is 0.416 e. The lowest BCUT2D eigenvalue weighted by Gasteiger charge is -2.25. The van der Waals surface area contributed by atoms with Crippen LogP contribution in [-0.4, -0.2) is 13.1 Å². The molecule has 0 heterocycles. The molecule has 2 N–H and O–H groups in total. The van der Waals surface area contributed by atoms with Gasteiger partial charge in [-0.2, -0.15) is 13.2 Å². The number of alkyl halides is 3. The van der Waals surface area contributed by atoms with Crippen LogP contribution in [0.5, 0.6) is 0 Å². The van der Waals surface area contributed by atoms with Gasteiger partial charge in [-0.25, -0.2) is 0 Å². The molecule has 0 amide bonds. The third-order valence-corrected chi connectivity index (χ3v) is 2.74. The smallest absolute Gasteiger partial charge is 0.372 e. The molecule has 0 aliphatic heterocycles. The van der Waals surface area contributed by atoms with Gasteiger partial charge in [0.15, 0.2) is 0 Å². The average molecular weight is 319 g/mol. The molecule has 0 unspecified atom stereocenters. The Bertz CT molecular complexity index is 380. The van der Waals surface area contributed by atoms with E-state index in [1.54, 1.807) is 0 Å². The Morgan fingerprint density at radius 1 is 1.11 bits per heavy atom. The minimum Gasteiger partial charge on any atom is -0.372 e. The summed E-state index contributed by atoms with van der Waals surface area (Å²) in [5.41, 5.74) is 6.23. The molecule has 19 heavy (non-hydrogen) atoms. The predicted octanol–water partition coefficient (Wildman–Crippen LogP) is 3.85. The summed E-state index contributed by atoms with van der Waals surface area (Å²) < 4.78 is 37.9. The van der Waals surface area contributed by atoms with Crippen LogP contribution in [0.1, 0.15) is 25.0 Å². The molecule has 0 saturated heterocycles. The van der Waals surface area contributed by atoms with Crippen LogP contribution in [0.3, 0.4) is 0 Å². The summed E-state index contributed by atoms with van der Waals surface area (Å²) in [5, 5.41) is 0. The first kappa shape index (κ1) is 20.7. The molecule has 0 bridgehead atoms. The second kappa shape index (κ2) is 8.51. The fourth-order valence-corrected chi connectivity index (χ4v) is 1.77. The van der Waals surface area contributed by atoms with Crippen molar-refractivity contribution in [2.24, 2.45) is 5.73 Å². The van der Waals surface area contributed by atoms with Crippen molar-refractivity contribution in [1.82, 2.24) is 0 Å². The number of nitrogens with zero attached hydrogens (tertiary/aromatic N) is 1. The Kier molecular flexibility index (Phi) is 9.25. The number of nitrogens with two attached hydrogens (primary N) is 1. The van der Waals surface area contributed by atoms with Crippen molar-refractivity contribution in [3.05, 3.63) is 29.3 Å². The molecule has 0 atom stereocenters. The standard InChI is InChI=1S/C12H17F3N2.2ClH/c1-3-17(4-2)11-7-10(12(13,14)15)6-5-9(11)8-16;;/h5-7H,3-4,8,16H2,1-2H3;2*1H. The minimum atomic E-state index is -4.31. The molecule has 1 aromatic carbocycles. The van der Waals surface area contributed by atoms with Gasteiger partial charge in [-0.05, 0) is 31.5 Å². The minimum absolute atomic E-state index is 0. The zero-order valence-electron chi connectivity index (χ0n) is 10.8. The van der Waals surface area contributed by atoms with Gasteiger partial charge in [0, 0.05) is 25.3 Å². The normalized spacial score (nSPS) is 10.4. The number of hydrogen-bond donors (Lipinski definition) is 1. The molecule has 7 heteroatoms. The first-order valence-corrected chi connectivity index (χ1v) is 5.59. The molecule has 0 fully saturated rings. The number of hydrogen-bond acceptors (Lipinski definition) is 2. The molecule has 0 radical (unpaired) electrons. The zero-order valence-corrected chi connectivity index (χ0v) is 12.5. The zero-order chi connectivity index (χ0) is 13.1. The van der Waals surface area contributed by atoms with E-state index in [2.05, 4.69) is 0 Å². The molecule has 1 rings (SSSR count). The van der Waals surface area contributed by atoms with Gasteiger partial charge in [0.25, 0.3) is 0 Å². The van der Waals surface area contributed by atoms with E-state index in [0.29, 0.717) is 18.8 Å². The van der Waals surface area contributed by atoms with E-state index in [0.717, 1.165) is 11.6 Å². The second-order valence-corrected chi connectivity index (χ2v) is 3.72. The summed E-state index contributed by atoms with van der Waals surface area (Å²) in [5.74, 6) is 0. The van der Waals surface area contributed by atoms with Crippen molar-refractivity contribution in [1.29, 1.82) is 0 Å². The van der Waals surface area contributed by atoms with Crippen molar-refractivity contribution < 1.29 is 13.2 Å². The van der Waals surface area contributed by atoms with Gasteiger partial charge in [-0.15, -0.1) is 24.8 Å². The summed E-state index contributed by atoms with van der Waals surface area (Å²) in [4.78, 5) is 1.87. The van der Waals surface area contributed by atoms with Gasteiger partial charge in [0.1, 0.15) is 0 Å². The van der Waals surface area contributed by atoms with Crippen LogP contribution in [0, 0.1) is 0 Å². The highest BCUT2D eigenvalue weighted by Gasteiger charge is 2.31. The van der Waals surface area contributed by atoms with Crippen LogP contribution in [0.4, 0.5) is 18.9 Å². The third kappa shape index (κ3) is 5.09. The highest BCUT2D eigenvalue weighted by molar-refractivity contribution is 5.85. The number of anilines is 1. The van der Waals surface area contributed by atoms with Gasteiger partial charge in [0.05, 0.1) is 5.56 Å². The molecular formula is C12H19Cl2F3N2. The Morgan fingerprint density at radius 3 is 2.00 bits per heavy atom. The predicted molar refractivity (Wildman–Crippen MR) is 77.4 cm³/mol. The highest BCUT2D eigenvalue weighted by Crippen LogP contribution is 2.33. The van der Waals surface area contributed by atoms with Crippen molar-refractivity contribution in [3.63, 3.8) is 0 Å². The molecule has 0 spiro atoms. The van der Waals surface area contributed by atoms with Crippen LogP contribution in [-0.2, 0) is 12.7 Å². The van der Waals surface area contributed by atoms with Gasteiger partial charge in [-0.1, -0.05) is 6.07 Å². The van der Waals surface area contributed by atoms with Crippen molar-refractivity contribution in [2.75, 3.05) is 18.0 Å². The lowest BCUT2D eigenvalue weighted by Crippen LogP contribution is -2.24. The van der Waals surface area contributed by atoms with Gasteiger partial charge in [-0.3, -0.25) is 0 Å². The molecule has 2 nitrogen and oxygen atoms in total. The van der Waals surface area contributed by atoms with Crippen LogP contribution in [0.25, 0.3) is 0 Å². The van der Waals surface area contributed by atoms with E-state index in [-0.39, 0.29) is 31.4 Å². The van der Waals surface area contributed by atoms with E-state index in [9.17, 15) is 13.2 Å². The van der Waals surface area contributed by atoms with E-state index < -0.39 is 11.7 Å². The van der Waals surface area contributed by atoms with Crippen LogP contribution >= 0.6 is 24.8 Å². The molecule has 0 aliphatic rings. The topological polar surface area (TPSA) is 29.3 Å². The highest BCUT2D eigenvalue weighted by atomic mass is 35.5. The van der Waals surface area contributed by atoms with E-state index in [4.69, 9.17) is 5.73 Å². The SMILES string of the molecule is CCN(CC)c1cc(C(F)(F)F)ccc1CN.Cl.Cl. The summed E-state index contributed by atoms with van der Waals surface area (Å²) >= 11 is 0. The first-order chi connectivity index (χ1) is 7.93. The number of halogens is 5. The first-order valence-electron chi connectivity index (χ1n) is 5.59. The van der Waals surface area contributed by atoms with Gasteiger partial charge in [0.2, 0.25) is 0 Å². The molecular weight excluding hydrogens is 300 g/mol. The van der Waals surface area contributed by atoms with E-state index in [1.165, 1.54) is 12.1 Å². The lowest BCUT2D eigenvalue weighted by atomic mass is 10.1. The summed E-state index contributed by atoms with van der Waals surface area (Å²) in [6, 6.07) is 3.71. The van der Waals surface area contributed by atoms with Crippen LogP contribution in [0.15, 0.2) is 18.2 Å². The fourth-order valence-electron chi connectivity index (χ4n) is 1.77. The molecule has 1 aromatic rings. The second-order valence-electron chi connectivity index (χ2n) is 3.72. The fraction of sp³-hybridized carbons (Fsp3) is 0.500. The van der Waals surface area contributed by atoms with Gasteiger partial charge >= 0.3 is 6.18 Å². The van der Waals surface area contributed by atoms with Crippen molar-refractivity contribution in [3.8, 4) is 0 Å². The summed E-state index contributed by atoms with van der Waals surface area (Å²) in [6.45, 7) is 5.37. The summed E-state index contributed by atoms with van der Waals surface area (Å²) in [6.07, 6.45) is -4.31. The average Bonchev–Trinajstić information content (AvgIpc) is 2.29. The summed E-state index contributed by atoms with van der Waals surface area (Å²) in [7, 11) is 0. The molecule has 112 valence electrons. The Labute approximate surface area is 124 Å².